The SMILES string of the molecule is CCNC(=NCc1c(F)cccc1OC(F)F)NCCCN1CCOCC1. The highest BCUT2D eigenvalue weighted by Crippen LogP contribution is 2.24. The van der Waals surface area contributed by atoms with Gasteiger partial charge in [-0.2, -0.15) is 8.78 Å². The third-order valence-electron chi connectivity index (χ3n) is 4.08. The minimum absolute atomic E-state index is 0.00307. The zero-order valence-corrected chi connectivity index (χ0v) is 15.5. The summed E-state index contributed by atoms with van der Waals surface area (Å²) in [4.78, 5) is 6.63. The topological polar surface area (TPSA) is 58.1 Å². The maximum absolute atomic E-state index is 14.0. The number of halogens is 3. The summed E-state index contributed by atoms with van der Waals surface area (Å²) in [5, 5.41) is 6.24. The fourth-order valence-electron chi connectivity index (χ4n) is 2.73. The summed E-state index contributed by atoms with van der Waals surface area (Å²) in [7, 11) is 0. The lowest BCUT2D eigenvalue weighted by molar-refractivity contribution is -0.0506. The highest BCUT2D eigenvalue weighted by molar-refractivity contribution is 5.79. The van der Waals surface area contributed by atoms with Crippen molar-refractivity contribution in [3.8, 4) is 5.75 Å². The zero-order chi connectivity index (χ0) is 19.5. The van der Waals surface area contributed by atoms with E-state index in [1.807, 2.05) is 6.92 Å². The summed E-state index contributed by atoms with van der Waals surface area (Å²) in [6.45, 7) is 4.49. The van der Waals surface area contributed by atoms with Gasteiger partial charge in [0.1, 0.15) is 11.6 Å². The molecule has 6 nitrogen and oxygen atoms in total. The number of hydrogen-bond donors (Lipinski definition) is 2. The van der Waals surface area contributed by atoms with Crippen LogP contribution < -0.4 is 15.4 Å². The molecule has 1 aliphatic rings. The Hall–Kier alpha value is -2.00. The van der Waals surface area contributed by atoms with E-state index in [4.69, 9.17) is 4.74 Å². The molecule has 0 aromatic heterocycles. The lowest BCUT2D eigenvalue weighted by Gasteiger charge is -2.26. The summed E-state index contributed by atoms with van der Waals surface area (Å²) in [6, 6.07) is 3.84. The standard InChI is InChI=1S/C18H27F3N4O2/c1-2-22-18(23-7-4-8-25-9-11-26-12-10-25)24-13-14-15(19)5-3-6-16(14)27-17(20)21/h3,5-6,17H,2,4,7-13H2,1H3,(H2,22,23,24). The van der Waals surface area contributed by atoms with Crippen molar-refractivity contribution >= 4 is 5.96 Å². The molecular formula is C18H27F3N4O2. The van der Waals surface area contributed by atoms with Crippen LogP contribution in [0.4, 0.5) is 13.2 Å². The van der Waals surface area contributed by atoms with Gasteiger partial charge in [0, 0.05) is 26.2 Å². The second kappa shape index (κ2) is 11.7. The molecule has 2 N–H and O–H groups in total. The van der Waals surface area contributed by atoms with Gasteiger partial charge >= 0.3 is 6.61 Å². The first kappa shape index (κ1) is 21.3. The van der Waals surface area contributed by atoms with Gasteiger partial charge in [-0.3, -0.25) is 4.90 Å². The van der Waals surface area contributed by atoms with Gasteiger partial charge in [0.15, 0.2) is 5.96 Å². The fourth-order valence-corrected chi connectivity index (χ4v) is 2.73. The van der Waals surface area contributed by atoms with Crippen molar-refractivity contribution in [2.45, 2.75) is 26.5 Å². The van der Waals surface area contributed by atoms with Crippen LogP contribution in [0.2, 0.25) is 0 Å². The van der Waals surface area contributed by atoms with Crippen molar-refractivity contribution in [1.82, 2.24) is 15.5 Å². The molecule has 1 aliphatic heterocycles. The van der Waals surface area contributed by atoms with Gasteiger partial charge < -0.3 is 20.1 Å². The van der Waals surface area contributed by atoms with Crippen LogP contribution in [0.1, 0.15) is 18.9 Å². The van der Waals surface area contributed by atoms with E-state index in [1.165, 1.54) is 18.2 Å². The van der Waals surface area contributed by atoms with E-state index in [0.29, 0.717) is 19.0 Å². The van der Waals surface area contributed by atoms with E-state index in [1.54, 1.807) is 0 Å². The maximum Gasteiger partial charge on any atom is 0.387 e. The Morgan fingerprint density at radius 3 is 2.78 bits per heavy atom. The second-order valence-electron chi connectivity index (χ2n) is 6.02. The molecule has 27 heavy (non-hydrogen) atoms. The molecule has 2 rings (SSSR count). The Balaban J connectivity index is 1.89. The molecule has 1 heterocycles. The quantitative estimate of drug-likeness (QED) is 0.386. The van der Waals surface area contributed by atoms with Gasteiger partial charge in [-0.1, -0.05) is 6.07 Å². The van der Waals surface area contributed by atoms with E-state index in [2.05, 4.69) is 25.3 Å². The van der Waals surface area contributed by atoms with Crippen molar-refractivity contribution in [2.24, 2.45) is 4.99 Å². The molecule has 1 aromatic carbocycles. The van der Waals surface area contributed by atoms with Crippen molar-refractivity contribution in [2.75, 3.05) is 45.9 Å². The number of nitrogens with one attached hydrogen (secondary N) is 2. The minimum atomic E-state index is -3.01. The van der Waals surface area contributed by atoms with Gasteiger partial charge in [0.2, 0.25) is 0 Å². The molecule has 0 atom stereocenters. The van der Waals surface area contributed by atoms with E-state index < -0.39 is 12.4 Å². The Morgan fingerprint density at radius 1 is 1.30 bits per heavy atom. The van der Waals surface area contributed by atoms with Gasteiger partial charge in [-0.15, -0.1) is 0 Å². The largest absolute Gasteiger partial charge is 0.434 e. The smallest absolute Gasteiger partial charge is 0.387 e. The summed E-state index contributed by atoms with van der Waals surface area (Å²) < 4.78 is 48.7. The lowest BCUT2D eigenvalue weighted by atomic mass is 10.2. The molecule has 152 valence electrons. The van der Waals surface area contributed by atoms with Crippen LogP contribution in [0.15, 0.2) is 23.2 Å². The second-order valence-corrected chi connectivity index (χ2v) is 6.02. The van der Waals surface area contributed by atoms with Crippen LogP contribution >= 0.6 is 0 Å². The Labute approximate surface area is 157 Å². The Kier molecular flexibility index (Phi) is 9.20. The molecule has 9 heteroatoms. The first-order chi connectivity index (χ1) is 13.1. The molecule has 0 bridgehead atoms. The van der Waals surface area contributed by atoms with E-state index in [0.717, 1.165) is 39.3 Å². The molecule has 0 amide bonds. The number of rotatable bonds is 9. The third-order valence-corrected chi connectivity index (χ3v) is 4.08. The van der Waals surface area contributed by atoms with E-state index in [-0.39, 0.29) is 17.9 Å². The van der Waals surface area contributed by atoms with Crippen LogP contribution in [-0.4, -0.2) is 63.4 Å². The maximum atomic E-state index is 14.0. The molecule has 0 radical (unpaired) electrons. The first-order valence-electron chi connectivity index (χ1n) is 9.14. The van der Waals surface area contributed by atoms with Crippen molar-refractivity contribution in [3.05, 3.63) is 29.6 Å². The number of alkyl halides is 2. The van der Waals surface area contributed by atoms with E-state index >= 15 is 0 Å². The number of nitrogens with zero attached hydrogens (tertiary/aromatic N) is 2. The minimum Gasteiger partial charge on any atom is -0.434 e. The molecule has 1 aromatic rings. The van der Waals surface area contributed by atoms with Crippen LogP contribution in [0.5, 0.6) is 5.75 Å². The number of guanidine groups is 1. The van der Waals surface area contributed by atoms with Gasteiger partial charge in [-0.05, 0) is 32.0 Å². The Bertz CT molecular complexity index is 596. The van der Waals surface area contributed by atoms with Crippen molar-refractivity contribution in [3.63, 3.8) is 0 Å². The summed E-state index contributed by atoms with van der Waals surface area (Å²) >= 11 is 0. The number of benzene rings is 1. The predicted molar refractivity (Wildman–Crippen MR) is 97.7 cm³/mol. The highest BCUT2D eigenvalue weighted by atomic mass is 19.3. The van der Waals surface area contributed by atoms with Crippen LogP contribution in [0, 0.1) is 5.82 Å². The monoisotopic (exact) mass is 388 g/mol. The molecular weight excluding hydrogens is 361 g/mol. The molecule has 0 saturated carbocycles. The zero-order valence-electron chi connectivity index (χ0n) is 15.5. The third kappa shape index (κ3) is 7.64. The number of morpholine rings is 1. The summed E-state index contributed by atoms with van der Waals surface area (Å²) in [6.07, 6.45) is 0.920. The first-order valence-corrected chi connectivity index (χ1v) is 9.14. The normalized spacial score (nSPS) is 15.8. The number of hydrogen-bond acceptors (Lipinski definition) is 4. The van der Waals surface area contributed by atoms with Gasteiger partial charge in [0.05, 0.1) is 25.3 Å². The van der Waals surface area contributed by atoms with Gasteiger partial charge in [-0.25, -0.2) is 9.38 Å². The number of ether oxygens (including phenoxy) is 2. The molecule has 0 spiro atoms. The summed E-state index contributed by atoms with van der Waals surface area (Å²) in [5.74, 6) is -0.317. The van der Waals surface area contributed by atoms with Crippen molar-refractivity contribution < 1.29 is 22.6 Å². The Morgan fingerprint density at radius 2 is 2.07 bits per heavy atom. The molecule has 1 fully saturated rings. The van der Waals surface area contributed by atoms with E-state index in [9.17, 15) is 13.2 Å². The van der Waals surface area contributed by atoms with Crippen LogP contribution in [-0.2, 0) is 11.3 Å². The molecule has 1 saturated heterocycles. The highest BCUT2D eigenvalue weighted by Gasteiger charge is 2.14. The lowest BCUT2D eigenvalue weighted by Crippen LogP contribution is -2.40. The van der Waals surface area contributed by atoms with Crippen molar-refractivity contribution in [1.29, 1.82) is 0 Å². The van der Waals surface area contributed by atoms with Crippen LogP contribution in [0.3, 0.4) is 0 Å². The average Bonchev–Trinajstić information content (AvgIpc) is 2.65. The molecule has 0 aliphatic carbocycles. The fraction of sp³-hybridized carbons (Fsp3) is 0.611. The number of aliphatic imine (C=N–C) groups is 1. The summed E-state index contributed by atoms with van der Waals surface area (Å²) in [5.41, 5.74) is 0.00307. The van der Waals surface area contributed by atoms with Crippen LogP contribution in [0.25, 0.3) is 0 Å². The predicted octanol–water partition coefficient (Wildman–Crippen LogP) is 2.20. The average molecular weight is 388 g/mol. The molecule has 0 unspecified atom stereocenters. The van der Waals surface area contributed by atoms with Gasteiger partial charge in [0.25, 0.3) is 0 Å².